The molecule has 1 aliphatic carbocycles. The number of fused-ring (bicyclic) bond motifs is 1. The van der Waals surface area contributed by atoms with Crippen LogP contribution in [-0.4, -0.2) is 47.6 Å². The number of methoxy groups -OCH3 is 1. The maximum atomic E-state index is 13.2. The molecular weight excluding hydrogens is 472 g/mol. The van der Waals surface area contributed by atoms with E-state index in [-0.39, 0.29) is 29.7 Å². The number of ether oxygens (including phenoxy) is 2. The fourth-order valence-electron chi connectivity index (χ4n) is 4.50. The molecule has 0 bridgehead atoms. The van der Waals surface area contributed by atoms with Gasteiger partial charge in [-0.2, -0.15) is 0 Å². The molecule has 2 aromatic rings. The molecule has 2 atom stereocenters. The number of nitrogens with zero attached hydrogens (tertiary/aromatic N) is 1. The molecule has 8 nitrogen and oxygen atoms in total. The number of amides is 1. The number of hydrogen-bond donors (Lipinski definition) is 3. The first-order chi connectivity index (χ1) is 17.8. The van der Waals surface area contributed by atoms with Crippen LogP contribution in [-0.2, 0) is 32.1 Å². The summed E-state index contributed by atoms with van der Waals surface area (Å²) in [5.74, 6) is -0.794. The van der Waals surface area contributed by atoms with Crippen molar-refractivity contribution < 1.29 is 29.3 Å². The largest absolute Gasteiger partial charge is 0.508 e. The van der Waals surface area contributed by atoms with Gasteiger partial charge in [0.05, 0.1) is 29.7 Å². The highest BCUT2D eigenvalue weighted by atomic mass is 16.5. The van der Waals surface area contributed by atoms with Gasteiger partial charge in [-0.3, -0.25) is 4.79 Å². The van der Waals surface area contributed by atoms with Crippen LogP contribution in [0.2, 0.25) is 0 Å². The first kappa shape index (κ1) is 25.9. The lowest BCUT2D eigenvalue weighted by Gasteiger charge is -2.36. The lowest BCUT2D eigenvalue weighted by molar-refractivity contribution is -0.133. The first-order valence-corrected chi connectivity index (χ1v) is 12.0. The van der Waals surface area contributed by atoms with E-state index in [2.05, 4.69) is 10.3 Å². The van der Waals surface area contributed by atoms with Crippen molar-refractivity contribution in [3.05, 3.63) is 101 Å². The average Bonchev–Trinajstić information content (AvgIpc) is 2.88. The molecule has 1 unspecified atom stereocenters. The number of dihydropyridines is 1. The number of nitrogens with one attached hydrogen (secondary N) is 1. The van der Waals surface area contributed by atoms with E-state index < -0.39 is 17.3 Å². The van der Waals surface area contributed by atoms with Crippen LogP contribution in [0.3, 0.4) is 0 Å². The highest BCUT2D eigenvalue weighted by Crippen LogP contribution is 2.46. The molecule has 37 heavy (non-hydrogen) atoms. The third-order valence-corrected chi connectivity index (χ3v) is 6.49. The number of aliphatic carboxylic acids is 1. The zero-order valence-corrected chi connectivity index (χ0v) is 20.8. The number of rotatable bonds is 10. The Labute approximate surface area is 215 Å². The van der Waals surface area contributed by atoms with E-state index in [0.29, 0.717) is 30.9 Å². The maximum Gasteiger partial charge on any atom is 0.332 e. The molecule has 3 N–H and O–H groups in total. The van der Waals surface area contributed by atoms with Gasteiger partial charge in [0, 0.05) is 18.9 Å². The van der Waals surface area contributed by atoms with E-state index >= 15 is 0 Å². The Balaban J connectivity index is 1.53. The number of benzene rings is 2. The predicted octanol–water partition coefficient (Wildman–Crippen LogP) is 3.93. The number of aliphatic imine (C=N–C) groups is 1. The molecule has 0 saturated carbocycles. The molecule has 1 heterocycles. The van der Waals surface area contributed by atoms with Gasteiger partial charge in [-0.25, -0.2) is 9.79 Å². The summed E-state index contributed by atoms with van der Waals surface area (Å²) < 4.78 is 11.2. The van der Waals surface area contributed by atoms with Crippen molar-refractivity contribution in [1.29, 1.82) is 0 Å². The third-order valence-electron chi connectivity index (χ3n) is 6.49. The highest BCUT2D eigenvalue weighted by Gasteiger charge is 2.43. The summed E-state index contributed by atoms with van der Waals surface area (Å²) in [5.41, 5.74) is 1.57. The van der Waals surface area contributed by atoms with E-state index in [4.69, 9.17) is 9.47 Å². The van der Waals surface area contributed by atoms with Crippen LogP contribution >= 0.6 is 0 Å². The van der Waals surface area contributed by atoms with E-state index in [1.165, 1.54) is 6.08 Å². The Morgan fingerprint density at radius 3 is 2.49 bits per heavy atom. The number of carboxylic acid groups (broad SMARTS) is 1. The quantitative estimate of drug-likeness (QED) is 0.453. The van der Waals surface area contributed by atoms with Crippen LogP contribution in [0.4, 0.5) is 0 Å². The Hall–Kier alpha value is -4.17. The number of phenols is 1. The summed E-state index contributed by atoms with van der Waals surface area (Å²) in [6.45, 7) is 2.42. The zero-order valence-electron chi connectivity index (χ0n) is 20.8. The van der Waals surface area contributed by atoms with Crippen molar-refractivity contribution in [2.75, 3.05) is 13.7 Å². The summed E-state index contributed by atoms with van der Waals surface area (Å²) in [5, 5.41) is 22.5. The summed E-state index contributed by atoms with van der Waals surface area (Å²) in [7, 11) is 1.54. The van der Waals surface area contributed by atoms with Crippen LogP contribution in [0.5, 0.6) is 5.75 Å². The number of phenolic OH excluding ortho intramolecular Hbond substituents is 1. The standard InChI is InChI=1S/C29H30N2O6/c1-29-16-23(37-17-20-6-4-3-5-7-20)12-13-26(29)31-25(15-24(29)28(34)35)27(33)30-21(18-36-2)14-19-8-10-22(32)11-9-19/h3-13,15,21,32H,14,16-18H2,1-2H3,(H,30,33)(H,34,35)/t21-,29?/m0/s1. The van der Waals surface area contributed by atoms with Gasteiger partial charge < -0.3 is 25.0 Å². The summed E-state index contributed by atoms with van der Waals surface area (Å²) >= 11 is 0. The van der Waals surface area contributed by atoms with E-state index in [0.717, 1.165) is 11.1 Å². The maximum absolute atomic E-state index is 13.2. The minimum absolute atomic E-state index is 0.0231. The minimum atomic E-state index is -1.12. The molecule has 1 amide bonds. The summed E-state index contributed by atoms with van der Waals surface area (Å²) in [4.78, 5) is 30.0. The summed E-state index contributed by atoms with van der Waals surface area (Å²) in [6.07, 6.45) is 5.63. The Bertz CT molecular complexity index is 1280. The second kappa shape index (κ2) is 11.3. The third kappa shape index (κ3) is 6.16. The number of allylic oxidation sites excluding steroid dienone is 4. The van der Waals surface area contributed by atoms with E-state index in [1.807, 2.05) is 30.3 Å². The highest BCUT2D eigenvalue weighted by molar-refractivity contribution is 6.44. The fourth-order valence-corrected chi connectivity index (χ4v) is 4.50. The molecule has 2 aromatic carbocycles. The van der Waals surface area contributed by atoms with Crippen LogP contribution in [0.25, 0.3) is 0 Å². The van der Waals surface area contributed by atoms with Crippen LogP contribution in [0.1, 0.15) is 24.5 Å². The molecule has 0 fully saturated rings. The average molecular weight is 503 g/mol. The molecule has 0 saturated heterocycles. The minimum Gasteiger partial charge on any atom is -0.508 e. The van der Waals surface area contributed by atoms with Crippen LogP contribution in [0.15, 0.2) is 94.8 Å². The van der Waals surface area contributed by atoms with Crippen molar-refractivity contribution >= 4 is 17.6 Å². The van der Waals surface area contributed by atoms with Crippen molar-refractivity contribution in [2.24, 2.45) is 10.4 Å². The SMILES string of the molecule is COC[C@H](Cc1ccc(O)cc1)NC(=O)C1=NC2=CC=C(OCc3ccccc3)CC2(C)C(C(=O)O)=C1. The van der Waals surface area contributed by atoms with Crippen molar-refractivity contribution in [3.63, 3.8) is 0 Å². The molecule has 4 rings (SSSR count). The number of carbonyl (C=O) groups is 2. The molecule has 0 aromatic heterocycles. The monoisotopic (exact) mass is 502 g/mol. The molecule has 0 radical (unpaired) electrons. The second-order valence-electron chi connectivity index (χ2n) is 9.32. The summed E-state index contributed by atoms with van der Waals surface area (Å²) in [6, 6.07) is 16.0. The number of aromatic hydroxyl groups is 1. The molecule has 2 aliphatic rings. The second-order valence-corrected chi connectivity index (χ2v) is 9.32. The van der Waals surface area contributed by atoms with Crippen molar-refractivity contribution in [1.82, 2.24) is 5.32 Å². The van der Waals surface area contributed by atoms with E-state index in [1.54, 1.807) is 50.5 Å². The number of hydrogen-bond acceptors (Lipinski definition) is 6. The van der Waals surface area contributed by atoms with Gasteiger partial charge in [0.2, 0.25) is 0 Å². The zero-order chi connectivity index (χ0) is 26.4. The fraction of sp³-hybridized carbons (Fsp3) is 0.276. The van der Waals surface area contributed by atoms with Gasteiger partial charge in [-0.15, -0.1) is 0 Å². The van der Waals surface area contributed by atoms with Crippen molar-refractivity contribution in [2.45, 2.75) is 32.4 Å². The first-order valence-electron chi connectivity index (χ1n) is 12.0. The topological polar surface area (TPSA) is 117 Å². The molecule has 8 heteroatoms. The molecule has 1 aliphatic heterocycles. The van der Waals surface area contributed by atoms with Gasteiger partial charge in [0.1, 0.15) is 18.1 Å². The van der Waals surface area contributed by atoms with Gasteiger partial charge in [-0.05, 0) is 54.8 Å². The predicted molar refractivity (Wildman–Crippen MR) is 139 cm³/mol. The normalized spacial score (nSPS) is 19.4. The Kier molecular flexibility index (Phi) is 7.89. The van der Waals surface area contributed by atoms with Gasteiger partial charge in [-0.1, -0.05) is 42.5 Å². The van der Waals surface area contributed by atoms with Crippen molar-refractivity contribution in [3.8, 4) is 5.75 Å². The van der Waals surface area contributed by atoms with E-state index in [9.17, 15) is 19.8 Å². The van der Waals surface area contributed by atoms with Gasteiger partial charge >= 0.3 is 5.97 Å². The molecule has 192 valence electrons. The number of carboxylic acids is 1. The lowest BCUT2D eigenvalue weighted by atomic mass is 9.71. The lowest BCUT2D eigenvalue weighted by Crippen LogP contribution is -2.44. The van der Waals surface area contributed by atoms with Crippen LogP contribution in [0, 0.1) is 5.41 Å². The Morgan fingerprint density at radius 1 is 1.08 bits per heavy atom. The number of carbonyl (C=O) groups excluding carboxylic acids is 1. The van der Waals surface area contributed by atoms with Crippen LogP contribution < -0.4 is 5.32 Å². The van der Waals surface area contributed by atoms with Gasteiger partial charge in [0.15, 0.2) is 0 Å². The smallest absolute Gasteiger partial charge is 0.332 e. The van der Waals surface area contributed by atoms with Gasteiger partial charge in [0.25, 0.3) is 5.91 Å². The molecular formula is C29H30N2O6. The Morgan fingerprint density at radius 2 is 1.81 bits per heavy atom. The molecule has 0 spiro atoms.